The zero-order chi connectivity index (χ0) is 25.1. The van der Waals surface area contributed by atoms with E-state index in [-0.39, 0.29) is 5.91 Å². The van der Waals surface area contributed by atoms with Crippen molar-refractivity contribution in [3.63, 3.8) is 0 Å². The zero-order valence-corrected chi connectivity index (χ0v) is 21.3. The molecule has 1 aliphatic carbocycles. The summed E-state index contributed by atoms with van der Waals surface area (Å²) in [6.07, 6.45) is 6.96. The van der Waals surface area contributed by atoms with Gasteiger partial charge in [-0.05, 0) is 47.9 Å². The largest absolute Gasteiger partial charge is 0.336 e. The Morgan fingerprint density at radius 1 is 1.06 bits per heavy atom. The molecule has 1 saturated carbocycles. The van der Waals surface area contributed by atoms with Crippen molar-refractivity contribution in [1.29, 1.82) is 0 Å². The molecule has 2 aromatic carbocycles. The molecule has 0 atom stereocenters. The molecule has 7 heteroatoms. The number of aliphatic imine (C=N–C) groups is 1. The van der Waals surface area contributed by atoms with Gasteiger partial charge in [0.1, 0.15) is 5.54 Å². The number of carbonyl (C=O) groups excluding carboxylic acids is 1. The van der Waals surface area contributed by atoms with Crippen molar-refractivity contribution in [2.24, 2.45) is 4.99 Å². The predicted octanol–water partition coefficient (Wildman–Crippen LogP) is 6.09. The van der Waals surface area contributed by atoms with Crippen LogP contribution in [-0.2, 0) is 11.3 Å². The monoisotopic (exact) mass is 474 g/mol. The number of tetrazole rings is 1. The zero-order valence-electron chi connectivity index (χ0n) is 21.3. The van der Waals surface area contributed by atoms with Gasteiger partial charge in [-0.2, -0.15) is 5.21 Å². The van der Waals surface area contributed by atoms with Gasteiger partial charge in [-0.1, -0.05) is 95.0 Å². The highest BCUT2D eigenvalue weighted by molar-refractivity contribution is 5.87. The lowest BCUT2D eigenvalue weighted by Crippen LogP contribution is -2.46. The van der Waals surface area contributed by atoms with Gasteiger partial charge in [0, 0.05) is 18.7 Å². The van der Waals surface area contributed by atoms with Crippen molar-refractivity contribution in [1.82, 2.24) is 25.5 Å². The molecule has 0 unspecified atom stereocenters. The van der Waals surface area contributed by atoms with E-state index in [2.05, 4.69) is 69.6 Å². The number of nitrogens with one attached hydrogen (secondary N) is 1. The summed E-state index contributed by atoms with van der Waals surface area (Å²) in [4.78, 5) is 19.9. The lowest BCUT2D eigenvalue weighted by Gasteiger charge is -2.32. The molecule has 3 aromatic rings. The van der Waals surface area contributed by atoms with Gasteiger partial charge in [0.05, 0.1) is 0 Å². The highest BCUT2D eigenvalue weighted by Crippen LogP contribution is 2.35. The fourth-order valence-corrected chi connectivity index (χ4v) is 4.71. The number of aromatic nitrogens is 4. The lowest BCUT2D eigenvalue weighted by molar-refractivity contribution is -0.137. The Balaban J connectivity index is 0.00000167. The van der Waals surface area contributed by atoms with Gasteiger partial charge < -0.3 is 4.90 Å². The maximum atomic E-state index is 13.5. The molecule has 7 nitrogen and oxygen atoms in total. The van der Waals surface area contributed by atoms with E-state index in [4.69, 9.17) is 0 Å². The first-order valence-electron chi connectivity index (χ1n) is 12.9. The van der Waals surface area contributed by atoms with Crippen LogP contribution in [0.5, 0.6) is 0 Å². The average Bonchev–Trinajstić information content (AvgIpc) is 3.63. The van der Waals surface area contributed by atoms with Crippen LogP contribution in [0.15, 0.2) is 53.5 Å². The average molecular weight is 475 g/mol. The van der Waals surface area contributed by atoms with Gasteiger partial charge in [-0.25, -0.2) is 0 Å². The third kappa shape index (κ3) is 6.21. The molecular formula is C28H38N6O. The van der Waals surface area contributed by atoms with E-state index in [9.17, 15) is 4.79 Å². The summed E-state index contributed by atoms with van der Waals surface area (Å²) in [5.41, 5.74) is 3.52. The summed E-state index contributed by atoms with van der Waals surface area (Å²) in [6.45, 7) is 11.3. The molecule has 1 aliphatic rings. The smallest absolute Gasteiger partial charge is 0.250 e. The number of aromatic amines is 1. The summed E-state index contributed by atoms with van der Waals surface area (Å²) >= 11 is 0. The minimum absolute atomic E-state index is 0.137. The summed E-state index contributed by atoms with van der Waals surface area (Å²) < 4.78 is 0. The van der Waals surface area contributed by atoms with Crippen molar-refractivity contribution < 1.29 is 4.79 Å². The molecule has 0 saturated heterocycles. The molecule has 1 heterocycles. The first-order valence-corrected chi connectivity index (χ1v) is 12.9. The van der Waals surface area contributed by atoms with Crippen LogP contribution in [0.4, 0.5) is 0 Å². The normalized spacial score (nSPS) is 14.1. The molecule has 35 heavy (non-hydrogen) atoms. The van der Waals surface area contributed by atoms with Crippen LogP contribution in [0.2, 0.25) is 0 Å². The molecule has 0 bridgehead atoms. The van der Waals surface area contributed by atoms with E-state index in [1.807, 2.05) is 36.9 Å². The number of carbonyl (C=O) groups is 1. The summed E-state index contributed by atoms with van der Waals surface area (Å²) in [7, 11) is 0. The second kappa shape index (κ2) is 12.9. The Labute approximate surface area is 209 Å². The fraction of sp³-hybridized carbons (Fsp3) is 0.464. The Morgan fingerprint density at radius 3 is 2.34 bits per heavy atom. The van der Waals surface area contributed by atoms with Crippen molar-refractivity contribution in [3.8, 4) is 22.5 Å². The van der Waals surface area contributed by atoms with E-state index in [0.29, 0.717) is 12.4 Å². The van der Waals surface area contributed by atoms with E-state index < -0.39 is 5.54 Å². The molecule has 0 aliphatic heterocycles. The molecule has 1 fully saturated rings. The minimum Gasteiger partial charge on any atom is -0.336 e. The van der Waals surface area contributed by atoms with Crippen LogP contribution in [0.25, 0.3) is 22.5 Å². The maximum Gasteiger partial charge on any atom is 0.250 e. The van der Waals surface area contributed by atoms with Gasteiger partial charge in [0.25, 0.3) is 5.91 Å². The van der Waals surface area contributed by atoms with E-state index in [0.717, 1.165) is 73.7 Å². The van der Waals surface area contributed by atoms with Crippen molar-refractivity contribution in [2.75, 3.05) is 6.54 Å². The molecule has 0 radical (unpaired) electrons. The first kappa shape index (κ1) is 26.3. The number of hydrogen-bond donors (Lipinski definition) is 1. The third-order valence-electron chi connectivity index (χ3n) is 6.60. The van der Waals surface area contributed by atoms with Crippen LogP contribution in [0.1, 0.15) is 71.3 Å². The number of rotatable bonds is 10. The maximum absolute atomic E-state index is 13.5. The van der Waals surface area contributed by atoms with Gasteiger partial charge in [0.2, 0.25) is 5.82 Å². The van der Waals surface area contributed by atoms with Crippen LogP contribution in [-0.4, -0.2) is 50.2 Å². The summed E-state index contributed by atoms with van der Waals surface area (Å²) in [6, 6.07) is 16.4. The molecular weight excluding hydrogens is 436 g/mol. The van der Waals surface area contributed by atoms with Crippen molar-refractivity contribution in [2.45, 2.75) is 77.8 Å². The van der Waals surface area contributed by atoms with Gasteiger partial charge >= 0.3 is 0 Å². The fourth-order valence-electron chi connectivity index (χ4n) is 4.71. The highest BCUT2D eigenvalue weighted by Gasteiger charge is 2.42. The minimum atomic E-state index is -0.629. The number of amides is 1. The van der Waals surface area contributed by atoms with Gasteiger partial charge in [0.15, 0.2) is 0 Å². The Bertz CT molecular complexity index is 1060. The van der Waals surface area contributed by atoms with E-state index >= 15 is 0 Å². The van der Waals surface area contributed by atoms with Crippen LogP contribution >= 0.6 is 0 Å². The van der Waals surface area contributed by atoms with Gasteiger partial charge in [-0.3, -0.25) is 9.79 Å². The first-order chi connectivity index (χ1) is 17.2. The third-order valence-corrected chi connectivity index (χ3v) is 6.60. The molecule has 4 rings (SSSR count). The highest BCUT2D eigenvalue weighted by atomic mass is 16.2. The van der Waals surface area contributed by atoms with Crippen molar-refractivity contribution >= 4 is 12.6 Å². The molecule has 1 aromatic heterocycles. The molecule has 0 spiro atoms. The van der Waals surface area contributed by atoms with Crippen LogP contribution < -0.4 is 0 Å². The number of benzene rings is 2. The molecule has 1 amide bonds. The second-order valence-electron chi connectivity index (χ2n) is 8.81. The van der Waals surface area contributed by atoms with Crippen LogP contribution in [0.3, 0.4) is 0 Å². The quantitative estimate of drug-likeness (QED) is 0.284. The van der Waals surface area contributed by atoms with Crippen molar-refractivity contribution in [3.05, 3.63) is 54.1 Å². The molecule has 1 N–H and O–H groups in total. The SMILES string of the molecule is C=NC1(C(=O)N(CCCCC)Cc2ccc(-c3ccccc3-c3nn[nH]n3)cc2)CCCC1.CC. The predicted molar refractivity (Wildman–Crippen MR) is 142 cm³/mol. The Kier molecular flexibility index (Phi) is 9.70. The Hall–Kier alpha value is -3.35. The number of hydrogen-bond acceptors (Lipinski definition) is 5. The topological polar surface area (TPSA) is 87.1 Å². The van der Waals surface area contributed by atoms with E-state index in [1.54, 1.807) is 0 Å². The lowest BCUT2D eigenvalue weighted by atomic mass is 9.95. The number of nitrogens with zero attached hydrogens (tertiary/aromatic N) is 5. The second-order valence-corrected chi connectivity index (χ2v) is 8.81. The van der Waals surface area contributed by atoms with E-state index in [1.165, 1.54) is 0 Å². The summed E-state index contributed by atoms with van der Waals surface area (Å²) in [5.74, 6) is 0.707. The summed E-state index contributed by atoms with van der Waals surface area (Å²) in [5, 5.41) is 14.5. The number of unbranched alkanes of at least 4 members (excludes halogenated alkanes) is 2. The standard InChI is InChI=1S/C26H32N6O.C2H6/c1-3-4-9-18-32(25(33)26(27-2)16-7-8-17-26)19-20-12-14-21(15-13-20)22-10-5-6-11-23(22)24-28-30-31-29-24;1-2/h5-6,10-15H,2-4,7-9,16-19H2,1H3,(H,28,29,30,31);1-2H3. The Morgan fingerprint density at radius 2 is 1.74 bits per heavy atom. The van der Waals surface area contributed by atoms with Gasteiger partial charge in [-0.15, -0.1) is 10.2 Å². The number of H-pyrrole nitrogens is 1. The van der Waals surface area contributed by atoms with Crippen LogP contribution in [0, 0.1) is 0 Å². The molecule has 186 valence electrons.